The van der Waals surface area contributed by atoms with E-state index < -0.39 is 10.9 Å². The highest BCUT2D eigenvalue weighted by Crippen LogP contribution is 2.34. The van der Waals surface area contributed by atoms with Gasteiger partial charge in [-0.05, 0) is 25.3 Å². The van der Waals surface area contributed by atoms with Crippen LogP contribution in [0.2, 0.25) is 0 Å². The molecule has 2 rings (SSSR count). The van der Waals surface area contributed by atoms with Gasteiger partial charge in [-0.3, -0.25) is 19.9 Å². The van der Waals surface area contributed by atoms with Crippen LogP contribution >= 0.6 is 0 Å². The van der Waals surface area contributed by atoms with E-state index in [0.29, 0.717) is 22.5 Å². The van der Waals surface area contributed by atoms with Crippen molar-refractivity contribution in [2.75, 3.05) is 20.3 Å². The van der Waals surface area contributed by atoms with Crippen molar-refractivity contribution in [2.45, 2.75) is 34.1 Å². The molecule has 1 aromatic heterocycles. The summed E-state index contributed by atoms with van der Waals surface area (Å²) in [7, 11) is 1.49. The van der Waals surface area contributed by atoms with Gasteiger partial charge in [-0.15, -0.1) is 0 Å². The van der Waals surface area contributed by atoms with E-state index >= 15 is 0 Å². The zero-order valence-corrected chi connectivity index (χ0v) is 17.9. The van der Waals surface area contributed by atoms with Crippen molar-refractivity contribution in [1.82, 2.24) is 4.98 Å². The highest BCUT2D eigenvalue weighted by atomic mass is 16.6. The molecule has 0 radical (unpaired) electrons. The average molecular weight is 414 g/mol. The lowest BCUT2D eigenvalue weighted by molar-refractivity contribution is -0.384. The third kappa shape index (κ3) is 5.27. The highest BCUT2D eigenvalue weighted by Gasteiger charge is 2.28. The van der Waals surface area contributed by atoms with Gasteiger partial charge in [-0.25, -0.2) is 4.79 Å². The molecule has 0 fully saturated rings. The van der Waals surface area contributed by atoms with E-state index in [1.54, 1.807) is 19.9 Å². The van der Waals surface area contributed by atoms with Crippen molar-refractivity contribution >= 4 is 17.4 Å². The average Bonchev–Trinajstić information content (AvgIpc) is 2.66. The van der Waals surface area contributed by atoms with Gasteiger partial charge in [0.25, 0.3) is 5.69 Å². The second kappa shape index (κ2) is 10.1. The van der Waals surface area contributed by atoms with Gasteiger partial charge in [0.2, 0.25) is 0 Å². The van der Waals surface area contributed by atoms with Crippen LogP contribution in [0, 0.1) is 29.9 Å². The van der Waals surface area contributed by atoms with Crippen LogP contribution < -0.4 is 0 Å². The fraction of sp³-hybridized carbons (Fsp3) is 0.409. The number of carbonyl (C=O) groups excluding carboxylic acids is 2. The van der Waals surface area contributed by atoms with Crippen LogP contribution in [-0.2, 0) is 9.47 Å². The lowest BCUT2D eigenvalue weighted by atomic mass is 9.88. The molecule has 0 bridgehead atoms. The minimum absolute atomic E-state index is 0.0340. The standard InChI is InChI=1S/C22H26N2O6/c1-13(2)11-18(25)19-14(3)23-15(4)20(22(26)30-10-9-29-5)21(19)16-7-6-8-17(12-16)24(27)28/h6-8,12-13H,9-11H2,1-5H3. The number of nitrogens with zero attached hydrogens (tertiary/aromatic N) is 2. The molecular formula is C22H26N2O6. The summed E-state index contributed by atoms with van der Waals surface area (Å²) in [6, 6.07) is 5.87. The molecule has 30 heavy (non-hydrogen) atoms. The number of nitro groups is 1. The monoisotopic (exact) mass is 414 g/mol. The van der Waals surface area contributed by atoms with E-state index in [-0.39, 0.29) is 48.2 Å². The Morgan fingerprint density at radius 3 is 2.40 bits per heavy atom. The van der Waals surface area contributed by atoms with Crippen LogP contribution in [-0.4, -0.2) is 42.0 Å². The Kier molecular flexibility index (Phi) is 7.77. The number of ether oxygens (including phenoxy) is 2. The maximum absolute atomic E-state index is 13.1. The number of nitro benzene ring substituents is 1. The van der Waals surface area contributed by atoms with Gasteiger partial charge in [-0.1, -0.05) is 26.0 Å². The summed E-state index contributed by atoms with van der Waals surface area (Å²) in [5.74, 6) is -0.743. The molecular weight excluding hydrogens is 388 g/mol. The van der Waals surface area contributed by atoms with Crippen molar-refractivity contribution in [3.05, 3.63) is 56.9 Å². The number of hydrogen-bond donors (Lipinski definition) is 0. The highest BCUT2D eigenvalue weighted by molar-refractivity contribution is 6.09. The molecule has 0 amide bonds. The Bertz CT molecular complexity index is 968. The van der Waals surface area contributed by atoms with E-state index in [4.69, 9.17) is 9.47 Å². The summed E-state index contributed by atoms with van der Waals surface area (Å²) < 4.78 is 10.2. The summed E-state index contributed by atoms with van der Waals surface area (Å²) in [6.45, 7) is 7.43. The number of pyridine rings is 1. The number of methoxy groups -OCH3 is 1. The largest absolute Gasteiger partial charge is 0.460 e. The molecule has 1 heterocycles. The molecule has 0 atom stereocenters. The normalized spacial score (nSPS) is 10.9. The SMILES string of the molecule is COCCOC(=O)c1c(C)nc(C)c(C(=O)CC(C)C)c1-c1cccc([N+](=O)[O-])c1. The third-order valence-electron chi connectivity index (χ3n) is 4.50. The molecule has 0 N–H and O–H groups in total. The molecule has 0 spiro atoms. The second-order valence-corrected chi connectivity index (χ2v) is 7.36. The van der Waals surface area contributed by atoms with E-state index in [1.807, 2.05) is 13.8 Å². The molecule has 8 heteroatoms. The molecule has 0 saturated carbocycles. The topological polar surface area (TPSA) is 109 Å². The van der Waals surface area contributed by atoms with Crippen molar-refractivity contribution in [3.8, 4) is 11.1 Å². The smallest absolute Gasteiger partial charge is 0.340 e. The Morgan fingerprint density at radius 2 is 1.80 bits per heavy atom. The number of aromatic nitrogens is 1. The molecule has 0 aliphatic rings. The number of carbonyl (C=O) groups is 2. The zero-order valence-electron chi connectivity index (χ0n) is 17.9. The predicted octanol–water partition coefficient (Wildman–Crippen LogP) is 4.31. The number of aryl methyl sites for hydroxylation is 2. The summed E-state index contributed by atoms with van der Waals surface area (Å²) in [5.41, 5.74) is 1.84. The molecule has 8 nitrogen and oxygen atoms in total. The number of rotatable bonds is 9. The zero-order chi connectivity index (χ0) is 22.4. The number of benzene rings is 1. The van der Waals surface area contributed by atoms with E-state index in [2.05, 4.69) is 4.98 Å². The predicted molar refractivity (Wildman–Crippen MR) is 112 cm³/mol. The van der Waals surface area contributed by atoms with Gasteiger partial charge in [0.05, 0.1) is 22.8 Å². The minimum atomic E-state index is -0.655. The van der Waals surface area contributed by atoms with Crippen molar-refractivity contribution in [3.63, 3.8) is 0 Å². The summed E-state index contributed by atoms with van der Waals surface area (Å²) in [4.78, 5) is 41.2. The number of esters is 1. The molecule has 160 valence electrons. The summed E-state index contributed by atoms with van der Waals surface area (Å²) in [6.07, 6.45) is 0.256. The first kappa shape index (κ1) is 23.2. The molecule has 0 aliphatic carbocycles. The molecule has 2 aromatic rings. The van der Waals surface area contributed by atoms with Crippen molar-refractivity contribution in [1.29, 1.82) is 0 Å². The van der Waals surface area contributed by atoms with Gasteiger partial charge in [0.15, 0.2) is 5.78 Å². The fourth-order valence-electron chi connectivity index (χ4n) is 3.27. The van der Waals surface area contributed by atoms with Crippen LogP contribution in [0.1, 0.15) is 52.4 Å². The lowest BCUT2D eigenvalue weighted by Gasteiger charge is -2.18. The molecule has 0 saturated heterocycles. The Morgan fingerprint density at radius 1 is 1.13 bits per heavy atom. The Labute approximate surface area is 175 Å². The van der Waals surface area contributed by atoms with Crippen molar-refractivity contribution in [2.24, 2.45) is 5.92 Å². The van der Waals surface area contributed by atoms with Gasteiger partial charge < -0.3 is 9.47 Å². The quantitative estimate of drug-likeness (QED) is 0.198. The minimum Gasteiger partial charge on any atom is -0.460 e. The third-order valence-corrected chi connectivity index (χ3v) is 4.50. The van der Waals surface area contributed by atoms with Gasteiger partial charge in [0.1, 0.15) is 6.61 Å². The maximum atomic E-state index is 13.1. The first-order chi connectivity index (χ1) is 14.2. The van der Waals surface area contributed by atoms with Gasteiger partial charge >= 0.3 is 5.97 Å². The molecule has 0 unspecified atom stereocenters. The summed E-state index contributed by atoms with van der Waals surface area (Å²) >= 11 is 0. The van der Waals surface area contributed by atoms with Gasteiger partial charge in [0, 0.05) is 42.5 Å². The number of non-ortho nitro benzene ring substituents is 1. The van der Waals surface area contributed by atoms with Crippen LogP contribution in [0.15, 0.2) is 24.3 Å². The first-order valence-corrected chi connectivity index (χ1v) is 9.62. The van der Waals surface area contributed by atoms with Crippen LogP contribution in [0.3, 0.4) is 0 Å². The van der Waals surface area contributed by atoms with Crippen LogP contribution in [0.5, 0.6) is 0 Å². The number of hydrogen-bond acceptors (Lipinski definition) is 7. The van der Waals surface area contributed by atoms with Gasteiger partial charge in [-0.2, -0.15) is 0 Å². The van der Waals surface area contributed by atoms with E-state index in [1.165, 1.54) is 25.3 Å². The van der Waals surface area contributed by atoms with E-state index in [0.717, 1.165) is 0 Å². The van der Waals surface area contributed by atoms with Crippen molar-refractivity contribution < 1.29 is 24.0 Å². The van der Waals surface area contributed by atoms with E-state index in [9.17, 15) is 19.7 Å². The number of Topliss-reactive ketones (excluding diaryl/α,β-unsaturated/α-hetero) is 1. The first-order valence-electron chi connectivity index (χ1n) is 9.62. The Balaban J connectivity index is 2.78. The molecule has 1 aromatic carbocycles. The Hall–Kier alpha value is -3.13. The van der Waals surface area contributed by atoms with Crippen LogP contribution in [0.4, 0.5) is 5.69 Å². The number of ketones is 1. The maximum Gasteiger partial charge on any atom is 0.340 e. The molecule has 0 aliphatic heterocycles. The summed E-state index contributed by atoms with van der Waals surface area (Å²) in [5, 5.41) is 11.3. The fourth-order valence-corrected chi connectivity index (χ4v) is 3.27. The lowest BCUT2D eigenvalue weighted by Crippen LogP contribution is -2.18. The second-order valence-electron chi connectivity index (χ2n) is 7.36. The van der Waals surface area contributed by atoms with Crippen LogP contribution in [0.25, 0.3) is 11.1 Å².